The summed E-state index contributed by atoms with van der Waals surface area (Å²) in [5.41, 5.74) is 0. The maximum absolute atomic E-state index is 11.4. The molecule has 0 radical (unpaired) electrons. The fourth-order valence-electron chi connectivity index (χ4n) is 1.07. The minimum absolute atomic E-state index is 0.270. The molecule has 2 N–H and O–H groups in total. The molecule has 0 spiro atoms. The number of ether oxygens (including phenoxy) is 2. The Bertz CT molecular complexity index is 443. The van der Waals surface area contributed by atoms with Gasteiger partial charge in [0.15, 0.2) is 5.75 Å². The maximum atomic E-state index is 11.4. The number of carbonyl (C=O) groups excluding carboxylic acids is 2. The Labute approximate surface area is 109 Å². The highest BCUT2D eigenvalue weighted by Gasteiger charge is 2.26. The van der Waals surface area contributed by atoms with Crippen LogP contribution in [0.5, 0.6) is 0 Å². The number of rotatable bonds is 8. The van der Waals surface area contributed by atoms with Crippen molar-refractivity contribution in [3.05, 3.63) is 0 Å². The van der Waals surface area contributed by atoms with Crippen LogP contribution in [0.2, 0.25) is 0 Å². The maximum Gasteiger partial charge on any atom is 0.322 e. The Hall–Kier alpha value is -1.68. The third-order valence-corrected chi connectivity index (χ3v) is 3.28. The first-order chi connectivity index (χ1) is 8.71. The molecule has 0 saturated carbocycles. The average Bonchev–Trinajstić information content (AvgIpc) is 2.32. The zero-order valence-corrected chi connectivity index (χ0v) is 11.2. The van der Waals surface area contributed by atoms with Gasteiger partial charge in [-0.1, -0.05) is 0 Å². The summed E-state index contributed by atoms with van der Waals surface area (Å²) in [5.74, 6) is -4.15. The van der Waals surface area contributed by atoms with E-state index in [1.165, 1.54) is 0 Å². The van der Waals surface area contributed by atoms with E-state index in [9.17, 15) is 22.8 Å². The van der Waals surface area contributed by atoms with Gasteiger partial charge in [-0.2, -0.15) is 0 Å². The lowest BCUT2D eigenvalue weighted by molar-refractivity contribution is -0.142. The number of hydrogen-bond acceptors (Lipinski definition) is 7. The third-order valence-electron chi connectivity index (χ3n) is 2.02. The molecule has 0 aliphatic rings. The van der Waals surface area contributed by atoms with Gasteiger partial charge in [-0.3, -0.25) is 14.4 Å². The fourth-order valence-corrected chi connectivity index (χ4v) is 2.23. The Morgan fingerprint density at radius 3 is 2.11 bits per heavy atom. The standard InChI is InChI=1S/C9H15NO8S/c1-17-7(11)4-3-6(9(13)14)10-19(15,16)5-8(12)18-2/h6,10H,3-5H2,1-2H3,(H,13,14). The van der Waals surface area contributed by atoms with Crippen molar-refractivity contribution in [3.63, 3.8) is 0 Å². The van der Waals surface area contributed by atoms with Gasteiger partial charge in [0.05, 0.1) is 14.2 Å². The molecule has 0 saturated heterocycles. The van der Waals surface area contributed by atoms with E-state index in [4.69, 9.17) is 5.11 Å². The number of carbonyl (C=O) groups is 3. The number of esters is 2. The zero-order chi connectivity index (χ0) is 15.1. The summed E-state index contributed by atoms with van der Waals surface area (Å²) >= 11 is 0. The summed E-state index contributed by atoms with van der Waals surface area (Å²) in [6, 6.07) is -1.52. The van der Waals surface area contributed by atoms with E-state index in [1.807, 2.05) is 0 Å². The largest absolute Gasteiger partial charge is 0.480 e. The van der Waals surface area contributed by atoms with E-state index in [2.05, 4.69) is 9.47 Å². The molecule has 1 atom stereocenters. The van der Waals surface area contributed by atoms with Crippen LogP contribution in [0.3, 0.4) is 0 Å². The molecule has 0 aliphatic carbocycles. The van der Waals surface area contributed by atoms with Gasteiger partial charge < -0.3 is 14.6 Å². The SMILES string of the molecule is COC(=O)CCC(NS(=O)(=O)CC(=O)OC)C(=O)O. The normalized spacial score (nSPS) is 12.5. The molecular formula is C9H15NO8S. The second-order valence-corrected chi connectivity index (χ2v) is 5.21. The van der Waals surface area contributed by atoms with E-state index >= 15 is 0 Å². The molecule has 0 rings (SSSR count). The molecule has 1 unspecified atom stereocenters. The number of carboxylic acids is 1. The summed E-state index contributed by atoms with van der Waals surface area (Å²) in [7, 11) is -2.02. The quantitative estimate of drug-likeness (QED) is 0.516. The summed E-state index contributed by atoms with van der Waals surface area (Å²) in [6.45, 7) is 0. The lowest BCUT2D eigenvalue weighted by atomic mass is 10.2. The van der Waals surface area contributed by atoms with Gasteiger partial charge in [0.2, 0.25) is 10.0 Å². The van der Waals surface area contributed by atoms with Crippen LogP contribution < -0.4 is 4.72 Å². The number of hydrogen-bond donors (Lipinski definition) is 2. The van der Waals surface area contributed by atoms with Gasteiger partial charge in [0.1, 0.15) is 6.04 Å². The predicted octanol–water partition coefficient (Wildman–Crippen LogP) is -1.51. The minimum atomic E-state index is -4.15. The molecule has 9 nitrogen and oxygen atoms in total. The first-order valence-electron chi connectivity index (χ1n) is 5.08. The first-order valence-corrected chi connectivity index (χ1v) is 6.73. The molecule has 0 aliphatic heterocycles. The number of methoxy groups -OCH3 is 2. The molecule has 0 aromatic carbocycles. The van der Waals surface area contributed by atoms with Crippen LogP contribution in [-0.4, -0.2) is 57.4 Å². The summed E-state index contributed by atoms with van der Waals surface area (Å²) in [4.78, 5) is 32.5. The molecule has 0 bridgehead atoms. The van der Waals surface area contributed by atoms with Gasteiger partial charge in [-0.05, 0) is 6.42 Å². The summed E-state index contributed by atoms with van der Waals surface area (Å²) < 4.78 is 33.1. The van der Waals surface area contributed by atoms with Crippen molar-refractivity contribution in [1.29, 1.82) is 0 Å². The van der Waals surface area contributed by atoms with E-state index in [0.29, 0.717) is 0 Å². The molecule has 0 fully saturated rings. The van der Waals surface area contributed by atoms with Crippen molar-refractivity contribution in [2.24, 2.45) is 0 Å². The van der Waals surface area contributed by atoms with E-state index in [-0.39, 0.29) is 12.8 Å². The number of sulfonamides is 1. The highest BCUT2D eigenvalue weighted by atomic mass is 32.2. The number of aliphatic carboxylic acids is 1. The van der Waals surface area contributed by atoms with Crippen molar-refractivity contribution in [2.45, 2.75) is 18.9 Å². The highest BCUT2D eigenvalue weighted by Crippen LogP contribution is 2.02. The van der Waals surface area contributed by atoms with Crippen LogP contribution in [0.1, 0.15) is 12.8 Å². The summed E-state index contributed by atoms with van der Waals surface area (Å²) in [6.07, 6.45) is -0.559. The Balaban J connectivity index is 4.62. The predicted molar refractivity (Wildman–Crippen MR) is 61.6 cm³/mol. The molecule has 0 aromatic rings. The second kappa shape index (κ2) is 7.69. The smallest absolute Gasteiger partial charge is 0.322 e. The zero-order valence-electron chi connectivity index (χ0n) is 10.4. The van der Waals surface area contributed by atoms with E-state index in [0.717, 1.165) is 14.2 Å². The van der Waals surface area contributed by atoms with Gasteiger partial charge in [-0.25, -0.2) is 13.1 Å². The van der Waals surface area contributed by atoms with Crippen molar-refractivity contribution < 1.29 is 37.4 Å². The van der Waals surface area contributed by atoms with Crippen molar-refractivity contribution >= 4 is 27.9 Å². The lowest BCUT2D eigenvalue weighted by Gasteiger charge is -2.13. The van der Waals surface area contributed by atoms with Crippen LogP contribution in [0.15, 0.2) is 0 Å². The van der Waals surface area contributed by atoms with Gasteiger partial charge in [0, 0.05) is 6.42 Å². The highest BCUT2D eigenvalue weighted by molar-refractivity contribution is 7.90. The van der Waals surface area contributed by atoms with Crippen molar-refractivity contribution in [3.8, 4) is 0 Å². The fraction of sp³-hybridized carbons (Fsp3) is 0.667. The average molecular weight is 297 g/mol. The van der Waals surface area contributed by atoms with Crippen LogP contribution in [0.25, 0.3) is 0 Å². The summed E-state index contributed by atoms with van der Waals surface area (Å²) in [5, 5.41) is 8.82. The van der Waals surface area contributed by atoms with Gasteiger partial charge >= 0.3 is 17.9 Å². The van der Waals surface area contributed by atoms with Crippen LogP contribution in [-0.2, 0) is 33.9 Å². The molecule has 0 aromatic heterocycles. The number of nitrogens with one attached hydrogen (secondary N) is 1. The van der Waals surface area contributed by atoms with Crippen LogP contribution in [0, 0.1) is 0 Å². The monoisotopic (exact) mass is 297 g/mol. The lowest BCUT2D eigenvalue weighted by Crippen LogP contribution is -2.43. The number of carboxylic acid groups (broad SMARTS) is 1. The van der Waals surface area contributed by atoms with E-state index in [1.54, 1.807) is 4.72 Å². The topological polar surface area (TPSA) is 136 Å². The third kappa shape index (κ3) is 7.36. The van der Waals surface area contributed by atoms with Crippen molar-refractivity contribution in [1.82, 2.24) is 4.72 Å². The Morgan fingerprint density at radius 1 is 1.16 bits per heavy atom. The Kier molecular flexibility index (Phi) is 7.01. The molecule has 0 heterocycles. The van der Waals surface area contributed by atoms with Crippen LogP contribution in [0.4, 0.5) is 0 Å². The van der Waals surface area contributed by atoms with E-state index < -0.39 is 39.7 Å². The molecular weight excluding hydrogens is 282 g/mol. The Morgan fingerprint density at radius 2 is 1.68 bits per heavy atom. The van der Waals surface area contributed by atoms with Crippen LogP contribution >= 0.6 is 0 Å². The second-order valence-electron chi connectivity index (χ2n) is 3.46. The van der Waals surface area contributed by atoms with Gasteiger partial charge in [-0.15, -0.1) is 0 Å². The molecule has 110 valence electrons. The van der Waals surface area contributed by atoms with Gasteiger partial charge in [0.25, 0.3) is 0 Å². The molecule has 10 heteroatoms. The molecule has 0 amide bonds. The van der Waals surface area contributed by atoms with Crippen molar-refractivity contribution in [2.75, 3.05) is 20.0 Å². The molecule has 19 heavy (non-hydrogen) atoms. The minimum Gasteiger partial charge on any atom is -0.480 e. The first kappa shape index (κ1) is 17.3.